The first kappa shape index (κ1) is 23.5. The number of likely N-dealkylation sites (tertiary alicyclic amines) is 1. The third kappa shape index (κ3) is 5.27. The SMILES string of the molecule is Cc1ccc(C(=O)N2CC=CCC2)c(C2CCN(C(=O)COc3ccccc3C(N)=O)CC2)n1. The van der Waals surface area contributed by atoms with E-state index in [-0.39, 0.29) is 29.9 Å². The second-order valence-corrected chi connectivity index (χ2v) is 8.70. The number of carbonyl (C=O) groups excluding carboxylic acids is 3. The first-order chi connectivity index (χ1) is 16.4. The van der Waals surface area contributed by atoms with Gasteiger partial charge in [0.1, 0.15) is 5.75 Å². The van der Waals surface area contributed by atoms with Gasteiger partial charge in [0.05, 0.1) is 16.8 Å². The molecule has 1 aromatic carbocycles. The molecule has 34 heavy (non-hydrogen) atoms. The molecule has 1 aromatic heterocycles. The van der Waals surface area contributed by atoms with Gasteiger partial charge in [-0.3, -0.25) is 19.4 Å². The van der Waals surface area contributed by atoms with Crippen LogP contribution in [0.1, 0.15) is 57.3 Å². The lowest BCUT2D eigenvalue weighted by Gasteiger charge is -2.33. The number of benzene rings is 1. The number of pyridine rings is 1. The summed E-state index contributed by atoms with van der Waals surface area (Å²) in [5.74, 6) is -0.309. The lowest BCUT2D eigenvalue weighted by molar-refractivity contribution is -0.134. The van der Waals surface area contributed by atoms with Crippen LogP contribution in [0.3, 0.4) is 0 Å². The van der Waals surface area contributed by atoms with Crippen molar-refractivity contribution in [1.29, 1.82) is 0 Å². The van der Waals surface area contributed by atoms with E-state index in [0.29, 0.717) is 37.5 Å². The van der Waals surface area contributed by atoms with Gasteiger partial charge in [-0.15, -0.1) is 0 Å². The van der Waals surface area contributed by atoms with Gasteiger partial charge in [0.15, 0.2) is 6.61 Å². The molecule has 8 heteroatoms. The number of amides is 3. The van der Waals surface area contributed by atoms with E-state index in [1.165, 1.54) is 0 Å². The van der Waals surface area contributed by atoms with Crippen molar-refractivity contribution in [3.05, 3.63) is 71.1 Å². The highest BCUT2D eigenvalue weighted by Gasteiger charge is 2.29. The standard InChI is InChI=1S/C26H30N4O4/c1-18-9-10-21(26(33)30-13-5-2-6-14-30)24(28-18)19-11-15-29(16-12-19)23(31)17-34-22-8-4-3-7-20(22)25(27)32/h2-5,7-10,19H,6,11-17H2,1H3,(H2,27,32). The van der Waals surface area contributed by atoms with Gasteiger partial charge >= 0.3 is 0 Å². The molecule has 3 amide bonds. The molecule has 0 spiro atoms. The van der Waals surface area contributed by atoms with Crippen LogP contribution in [0.2, 0.25) is 0 Å². The predicted molar refractivity (Wildman–Crippen MR) is 128 cm³/mol. The van der Waals surface area contributed by atoms with Crippen LogP contribution in [-0.4, -0.2) is 65.3 Å². The van der Waals surface area contributed by atoms with E-state index in [4.69, 9.17) is 15.5 Å². The summed E-state index contributed by atoms with van der Waals surface area (Å²) in [4.78, 5) is 45.8. The lowest BCUT2D eigenvalue weighted by atomic mass is 9.89. The monoisotopic (exact) mass is 462 g/mol. The second kappa shape index (κ2) is 10.5. The number of hydrogen-bond acceptors (Lipinski definition) is 5. The van der Waals surface area contributed by atoms with Crippen LogP contribution in [0, 0.1) is 6.92 Å². The molecule has 178 valence electrons. The van der Waals surface area contributed by atoms with Crippen molar-refractivity contribution in [1.82, 2.24) is 14.8 Å². The molecule has 8 nitrogen and oxygen atoms in total. The van der Waals surface area contributed by atoms with Gasteiger partial charge in [0, 0.05) is 37.8 Å². The zero-order valence-corrected chi connectivity index (χ0v) is 19.4. The summed E-state index contributed by atoms with van der Waals surface area (Å²) in [7, 11) is 0. The van der Waals surface area contributed by atoms with E-state index in [2.05, 4.69) is 6.08 Å². The molecule has 2 aliphatic heterocycles. The highest BCUT2D eigenvalue weighted by Crippen LogP contribution is 2.30. The Kier molecular flexibility index (Phi) is 7.25. The van der Waals surface area contributed by atoms with Gasteiger partial charge in [0.2, 0.25) is 0 Å². The predicted octanol–water partition coefficient (Wildman–Crippen LogP) is 2.68. The Morgan fingerprint density at radius 2 is 1.76 bits per heavy atom. The van der Waals surface area contributed by atoms with E-state index in [1.54, 1.807) is 29.2 Å². The Balaban J connectivity index is 1.39. The van der Waals surface area contributed by atoms with E-state index >= 15 is 0 Å². The van der Waals surface area contributed by atoms with Gasteiger partial charge in [-0.1, -0.05) is 24.3 Å². The molecule has 0 saturated carbocycles. The minimum absolute atomic E-state index is 0.0203. The number of nitrogens with two attached hydrogens (primary N) is 1. The summed E-state index contributed by atoms with van der Waals surface area (Å²) in [6, 6.07) is 10.4. The number of ether oxygens (including phenoxy) is 1. The zero-order chi connectivity index (χ0) is 24.1. The minimum atomic E-state index is -0.597. The number of hydrogen-bond donors (Lipinski definition) is 1. The number of nitrogens with zero attached hydrogens (tertiary/aromatic N) is 3. The second-order valence-electron chi connectivity index (χ2n) is 8.70. The molecule has 0 bridgehead atoms. The number of primary amides is 1. The number of aromatic nitrogens is 1. The first-order valence-corrected chi connectivity index (χ1v) is 11.6. The third-order valence-corrected chi connectivity index (χ3v) is 6.38. The van der Waals surface area contributed by atoms with Crippen LogP contribution in [0.25, 0.3) is 0 Å². The average molecular weight is 463 g/mol. The van der Waals surface area contributed by atoms with Crippen LogP contribution >= 0.6 is 0 Å². The van der Waals surface area contributed by atoms with Gasteiger partial charge < -0.3 is 20.3 Å². The first-order valence-electron chi connectivity index (χ1n) is 11.6. The molecule has 4 rings (SSSR count). The third-order valence-electron chi connectivity index (χ3n) is 6.38. The summed E-state index contributed by atoms with van der Waals surface area (Å²) in [5.41, 5.74) is 8.00. The fraction of sp³-hybridized carbons (Fsp3) is 0.385. The Morgan fingerprint density at radius 3 is 2.47 bits per heavy atom. The van der Waals surface area contributed by atoms with Crippen molar-refractivity contribution >= 4 is 17.7 Å². The molecule has 2 aromatic rings. The average Bonchev–Trinajstić information content (AvgIpc) is 2.87. The molecule has 3 heterocycles. The Morgan fingerprint density at radius 1 is 1.00 bits per heavy atom. The van der Waals surface area contributed by atoms with Crippen LogP contribution < -0.4 is 10.5 Å². The Labute approximate surface area is 199 Å². The molecule has 2 N–H and O–H groups in total. The molecular weight excluding hydrogens is 432 g/mol. The number of piperidine rings is 1. The van der Waals surface area contributed by atoms with Crippen molar-refractivity contribution in [3.8, 4) is 5.75 Å². The van der Waals surface area contributed by atoms with E-state index in [0.717, 1.165) is 30.7 Å². The quantitative estimate of drug-likeness (QED) is 0.665. The van der Waals surface area contributed by atoms with Gasteiger partial charge in [-0.25, -0.2) is 0 Å². The topological polar surface area (TPSA) is 106 Å². The van der Waals surface area contributed by atoms with Crippen molar-refractivity contribution in [3.63, 3.8) is 0 Å². The fourth-order valence-corrected chi connectivity index (χ4v) is 4.49. The molecule has 1 saturated heterocycles. The minimum Gasteiger partial charge on any atom is -0.483 e. The smallest absolute Gasteiger partial charge is 0.260 e. The molecule has 0 radical (unpaired) electrons. The molecule has 1 fully saturated rings. The number of rotatable bonds is 6. The van der Waals surface area contributed by atoms with Crippen LogP contribution in [-0.2, 0) is 4.79 Å². The van der Waals surface area contributed by atoms with Crippen molar-refractivity contribution in [2.45, 2.75) is 32.1 Å². The molecule has 0 unspecified atom stereocenters. The highest BCUT2D eigenvalue weighted by molar-refractivity contribution is 5.96. The largest absolute Gasteiger partial charge is 0.483 e. The maximum Gasteiger partial charge on any atom is 0.260 e. The van der Waals surface area contributed by atoms with Gasteiger partial charge in [-0.2, -0.15) is 0 Å². The number of carbonyl (C=O) groups is 3. The van der Waals surface area contributed by atoms with Crippen molar-refractivity contribution in [2.24, 2.45) is 5.73 Å². The molecular formula is C26H30N4O4. The fourth-order valence-electron chi connectivity index (χ4n) is 4.49. The summed E-state index contributed by atoms with van der Waals surface area (Å²) >= 11 is 0. The van der Waals surface area contributed by atoms with Gasteiger partial charge in [0.25, 0.3) is 17.7 Å². The summed E-state index contributed by atoms with van der Waals surface area (Å²) < 4.78 is 5.60. The Bertz CT molecular complexity index is 1110. The summed E-state index contributed by atoms with van der Waals surface area (Å²) in [6.45, 7) is 4.22. The maximum atomic E-state index is 13.2. The normalized spacial score (nSPS) is 16.4. The molecule has 2 aliphatic rings. The summed E-state index contributed by atoms with van der Waals surface area (Å²) in [6.07, 6.45) is 6.44. The molecule has 0 aliphatic carbocycles. The zero-order valence-electron chi connectivity index (χ0n) is 19.4. The molecule has 0 atom stereocenters. The van der Waals surface area contributed by atoms with Crippen molar-refractivity contribution < 1.29 is 19.1 Å². The van der Waals surface area contributed by atoms with E-state index < -0.39 is 5.91 Å². The van der Waals surface area contributed by atoms with Crippen molar-refractivity contribution in [2.75, 3.05) is 32.8 Å². The summed E-state index contributed by atoms with van der Waals surface area (Å²) in [5, 5.41) is 0. The number of para-hydroxylation sites is 1. The highest BCUT2D eigenvalue weighted by atomic mass is 16.5. The van der Waals surface area contributed by atoms with Crippen LogP contribution in [0.15, 0.2) is 48.6 Å². The lowest BCUT2D eigenvalue weighted by Crippen LogP contribution is -2.41. The van der Waals surface area contributed by atoms with Gasteiger partial charge in [-0.05, 0) is 50.5 Å². The van der Waals surface area contributed by atoms with E-state index in [9.17, 15) is 14.4 Å². The van der Waals surface area contributed by atoms with Crippen LogP contribution in [0.4, 0.5) is 0 Å². The maximum absolute atomic E-state index is 13.2. The van der Waals surface area contributed by atoms with Crippen LogP contribution in [0.5, 0.6) is 5.75 Å². The Hall–Kier alpha value is -3.68. The number of aryl methyl sites for hydroxylation is 1. The van der Waals surface area contributed by atoms with E-state index in [1.807, 2.05) is 30.0 Å².